The molecule has 3 rings (SSSR count). The number of hydrogen-bond acceptors (Lipinski definition) is 5. The van der Waals surface area contributed by atoms with E-state index in [0.29, 0.717) is 23.7 Å². The van der Waals surface area contributed by atoms with Crippen LogP contribution in [0.25, 0.3) is 5.65 Å². The molecule has 0 aliphatic carbocycles. The molecule has 1 atom stereocenters. The Morgan fingerprint density at radius 2 is 2.08 bits per heavy atom. The van der Waals surface area contributed by atoms with Gasteiger partial charge in [-0.05, 0) is 18.4 Å². The molecule has 8 heteroatoms. The van der Waals surface area contributed by atoms with Crippen molar-refractivity contribution in [3.05, 3.63) is 63.5 Å². The molecule has 7 nitrogen and oxygen atoms in total. The molecule has 0 bridgehead atoms. The molecule has 0 aliphatic rings. The number of nitro benzene ring substituents is 1. The number of nitrogens with one attached hydrogen (secondary N) is 1. The first-order valence-electron chi connectivity index (χ1n) is 8.36. The second-order valence-electron chi connectivity index (χ2n) is 6.45. The van der Waals surface area contributed by atoms with E-state index in [0.717, 1.165) is 11.1 Å². The summed E-state index contributed by atoms with van der Waals surface area (Å²) >= 11 is 0. The topological polar surface area (TPSA) is 85.4 Å². The van der Waals surface area contributed by atoms with Crippen LogP contribution in [0.4, 0.5) is 15.9 Å². The van der Waals surface area contributed by atoms with Crippen LogP contribution in [-0.4, -0.2) is 19.5 Å². The quantitative estimate of drug-likeness (QED) is 0.522. The van der Waals surface area contributed by atoms with Crippen LogP contribution in [0.3, 0.4) is 0 Å². The highest BCUT2D eigenvalue weighted by molar-refractivity contribution is 5.56. The van der Waals surface area contributed by atoms with Crippen LogP contribution in [0.1, 0.15) is 49.7 Å². The van der Waals surface area contributed by atoms with Crippen molar-refractivity contribution in [1.82, 2.24) is 14.6 Å². The van der Waals surface area contributed by atoms with E-state index in [-0.39, 0.29) is 11.6 Å². The van der Waals surface area contributed by atoms with Crippen molar-refractivity contribution < 1.29 is 9.31 Å². The lowest BCUT2D eigenvalue weighted by Gasteiger charge is -2.12. The summed E-state index contributed by atoms with van der Waals surface area (Å²) in [5.74, 6) is 0.794. The summed E-state index contributed by atoms with van der Waals surface area (Å²) < 4.78 is 15.5. The minimum absolute atomic E-state index is 0.0310. The Labute approximate surface area is 150 Å². The Kier molecular flexibility index (Phi) is 4.83. The van der Waals surface area contributed by atoms with E-state index in [4.69, 9.17) is 0 Å². The van der Waals surface area contributed by atoms with E-state index in [1.807, 2.05) is 13.8 Å². The average molecular weight is 357 g/mol. The first kappa shape index (κ1) is 17.8. The van der Waals surface area contributed by atoms with Crippen LogP contribution in [0.5, 0.6) is 0 Å². The molecular weight excluding hydrogens is 337 g/mol. The zero-order valence-corrected chi connectivity index (χ0v) is 14.8. The van der Waals surface area contributed by atoms with E-state index in [2.05, 4.69) is 15.4 Å². The molecule has 0 radical (unpaired) electrons. The van der Waals surface area contributed by atoms with Crippen molar-refractivity contribution in [3.8, 4) is 0 Å². The SMILES string of the molecule is CC(C)c1cnn2c(NCc3cccc([N+](=O)[O-])c3)cc(C(C)F)nc12. The van der Waals surface area contributed by atoms with Gasteiger partial charge in [0.25, 0.3) is 5.69 Å². The van der Waals surface area contributed by atoms with Gasteiger partial charge < -0.3 is 5.32 Å². The van der Waals surface area contributed by atoms with Crippen LogP contribution < -0.4 is 5.32 Å². The highest BCUT2D eigenvalue weighted by Crippen LogP contribution is 2.26. The third-order valence-electron chi connectivity index (χ3n) is 4.14. The molecule has 2 heterocycles. The average Bonchev–Trinajstić information content (AvgIpc) is 3.04. The van der Waals surface area contributed by atoms with E-state index in [1.54, 1.807) is 28.9 Å². The van der Waals surface area contributed by atoms with Crippen LogP contribution in [0, 0.1) is 10.1 Å². The van der Waals surface area contributed by atoms with Gasteiger partial charge in [-0.3, -0.25) is 10.1 Å². The number of halogens is 1. The van der Waals surface area contributed by atoms with E-state index in [9.17, 15) is 14.5 Å². The molecule has 0 fully saturated rings. The van der Waals surface area contributed by atoms with Gasteiger partial charge in [0, 0.05) is 30.3 Å². The third kappa shape index (κ3) is 3.49. The molecule has 3 aromatic rings. The van der Waals surface area contributed by atoms with Gasteiger partial charge >= 0.3 is 0 Å². The maximum absolute atomic E-state index is 13.9. The lowest BCUT2D eigenvalue weighted by Crippen LogP contribution is -2.08. The van der Waals surface area contributed by atoms with Gasteiger partial charge in [-0.2, -0.15) is 9.61 Å². The molecule has 26 heavy (non-hydrogen) atoms. The van der Waals surface area contributed by atoms with Crippen molar-refractivity contribution in [2.24, 2.45) is 0 Å². The maximum Gasteiger partial charge on any atom is 0.269 e. The molecule has 136 valence electrons. The fourth-order valence-corrected chi connectivity index (χ4v) is 2.71. The molecular formula is C18H20FN5O2. The standard InChI is InChI=1S/C18H20FN5O2/c1-11(2)15-10-21-23-17(8-16(12(3)19)22-18(15)23)20-9-13-5-4-6-14(7-13)24(25)26/h4-8,10-12,20H,9H2,1-3H3. The number of nitrogens with zero attached hydrogens (tertiary/aromatic N) is 4. The predicted molar refractivity (Wildman–Crippen MR) is 97.0 cm³/mol. The number of fused-ring (bicyclic) bond motifs is 1. The number of rotatable bonds is 6. The van der Waals surface area contributed by atoms with Gasteiger partial charge in [0.2, 0.25) is 0 Å². The zero-order valence-electron chi connectivity index (χ0n) is 14.8. The molecule has 0 saturated carbocycles. The number of nitro groups is 1. The number of benzene rings is 1. The van der Waals surface area contributed by atoms with Gasteiger partial charge in [0.15, 0.2) is 5.65 Å². The number of anilines is 1. The lowest BCUT2D eigenvalue weighted by atomic mass is 10.1. The molecule has 0 spiro atoms. The molecule has 1 N–H and O–H groups in total. The Bertz CT molecular complexity index is 952. The maximum atomic E-state index is 13.9. The molecule has 0 aliphatic heterocycles. The van der Waals surface area contributed by atoms with Crippen molar-refractivity contribution >= 4 is 17.2 Å². The van der Waals surface area contributed by atoms with Gasteiger partial charge in [0.1, 0.15) is 12.0 Å². The van der Waals surface area contributed by atoms with Crippen molar-refractivity contribution in [2.75, 3.05) is 5.32 Å². The van der Waals surface area contributed by atoms with Gasteiger partial charge in [-0.1, -0.05) is 26.0 Å². The summed E-state index contributed by atoms with van der Waals surface area (Å²) in [7, 11) is 0. The third-order valence-corrected chi connectivity index (χ3v) is 4.14. The summed E-state index contributed by atoms with van der Waals surface area (Å²) in [5.41, 5.74) is 2.65. The van der Waals surface area contributed by atoms with Crippen LogP contribution in [-0.2, 0) is 6.54 Å². The van der Waals surface area contributed by atoms with Crippen LogP contribution >= 0.6 is 0 Å². The smallest absolute Gasteiger partial charge is 0.269 e. The molecule has 1 aromatic carbocycles. The second kappa shape index (κ2) is 7.07. The summed E-state index contributed by atoms with van der Waals surface area (Å²) in [6, 6.07) is 8.00. The summed E-state index contributed by atoms with van der Waals surface area (Å²) in [5, 5.41) is 18.5. The van der Waals surface area contributed by atoms with Gasteiger partial charge in [-0.15, -0.1) is 0 Å². The Balaban J connectivity index is 1.96. The first-order valence-corrected chi connectivity index (χ1v) is 8.36. The minimum Gasteiger partial charge on any atom is -0.366 e. The Hall–Kier alpha value is -3.03. The lowest BCUT2D eigenvalue weighted by molar-refractivity contribution is -0.384. The fraction of sp³-hybridized carbons (Fsp3) is 0.333. The van der Waals surface area contributed by atoms with Crippen LogP contribution in [0.2, 0.25) is 0 Å². The van der Waals surface area contributed by atoms with E-state index < -0.39 is 11.1 Å². The minimum atomic E-state index is -1.21. The molecule has 0 amide bonds. The summed E-state index contributed by atoms with van der Waals surface area (Å²) in [6.07, 6.45) is 0.520. The van der Waals surface area contributed by atoms with Gasteiger partial charge in [0.05, 0.1) is 16.8 Å². The van der Waals surface area contributed by atoms with Crippen LogP contribution in [0.15, 0.2) is 36.5 Å². The fourth-order valence-electron chi connectivity index (χ4n) is 2.71. The number of alkyl halides is 1. The summed E-state index contributed by atoms with van der Waals surface area (Å²) in [4.78, 5) is 14.9. The zero-order chi connectivity index (χ0) is 18.8. The van der Waals surface area contributed by atoms with Crippen molar-refractivity contribution in [3.63, 3.8) is 0 Å². The monoisotopic (exact) mass is 357 g/mol. The summed E-state index contributed by atoms with van der Waals surface area (Å²) in [6.45, 7) is 5.84. The molecule has 1 unspecified atom stereocenters. The van der Waals surface area contributed by atoms with E-state index in [1.165, 1.54) is 19.1 Å². The Morgan fingerprint density at radius 1 is 1.31 bits per heavy atom. The first-order chi connectivity index (χ1) is 12.4. The Morgan fingerprint density at radius 3 is 2.73 bits per heavy atom. The second-order valence-corrected chi connectivity index (χ2v) is 6.45. The highest BCUT2D eigenvalue weighted by atomic mass is 19.1. The normalized spacial score (nSPS) is 12.5. The van der Waals surface area contributed by atoms with Crippen molar-refractivity contribution in [2.45, 2.75) is 39.4 Å². The van der Waals surface area contributed by atoms with E-state index >= 15 is 0 Å². The largest absolute Gasteiger partial charge is 0.366 e. The molecule has 2 aromatic heterocycles. The predicted octanol–water partition coefficient (Wildman–Crippen LogP) is 4.40. The van der Waals surface area contributed by atoms with Gasteiger partial charge in [-0.25, -0.2) is 9.37 Å². The number of hydrogen-bond donors (Lipinski definition) is 1. The number of aromatic nitrogens is 3. The number of non-ortho nitro benzene ring substituents is 1. The highest BCUT2D eigenvalue weighted by Gasteiger charge is 2.16. The van der Waals surface area contributed by atoms with Crippen molar-refractivity contribution in [1.29, 1.82) is 0 Å². The molecule has 0 saturated heterocycles.